The van der Waals surface area contributed by atoms with Gasteiger partial charge in [0, 0.05) is 25.7 Å². The molecule has 0 N–H and O–H groups in total. The molecular formula is C20H30N2O5. The van der Waals surface area contributed by atoms with Gasteiger partial charge in [-0.25, -0.2) is 0 Å². The molecule has 1 amide bonds. The van der Waals surface area contributed by atoms with E-state index in [1.807, 2.05) is 44.1 Å². The first-order chi connectivity index (χ1) is 12.9. The van der Waals surface area contributed by atoms with Crippen molar-refractivity contribution < 1.29 is 23.8 Å². The van der Waals surface area contributed by atoms with Gasteiger partial charge < -0.3 is 24.0 Å². The Balaban J connectivity index is 2.83. The fourth-order valence-electron chi connectivity index (χ4n) is 2.32. The fourth-order valence-corrected chi connectivity index (χ4v) is 2.32. The number of hydrogen-bond acceptors (Lipinski definition) is 6. The van der Waals surface area contributed by atoms with Crippen LogP contribution in [0, 0.1) is 0 Å². The largest absolute Gasteiger partial charge is 0.493 e. The third-order valence-corrected chi connectivity index (χ3v) is 3.85. The fraction of sp³-hybridized carbons (Fsp3) is 0.500. The first-order valence-electron chi connectivity index (χ1n) is 8.90. The summed E-state index contributed by atoms with van der Waals surface area (Å²) in [6, 6.07) is 5.48. The lowest BCUT2D eigenvalue weighted by atomic mass is 10.2. The number of nitrogens with zero attached hydrogens (tertiary/aromatic N) is 2. The maximum Gasteiger partial charge on any atom is 0.307 e. The molecule has 0 radical (unpaired) electrons. The van der Waals surface area contributed by atoms with Crippen LogP contribution in [0.2, 0.25) is 0 Å². The number of hydrogen-bond donors (Lipinski definition) is 0. The average Bonchev–Trinajstić information content (AvgIpc) is 2.66. The van der Waals surface area contributed by atoms with Gasteiger partial charge in [0.2, 0.25) is 5.91 Å². The molecule has 0 heterocycles. The summed E-state index contributed by atoms with van der Waals surface area (Å²) < 4.78 is 15.5. The highest BCUT2D eigenvalue weighted by molar-refractivity contribution is 5.92. The van der Waals surface area contributed by atoms with Crippen molar-refractivity contribution in [1.82, 2.24) is 9.80 Å². The van der Waals surface area contributed by atoms with Crippen LogP contribution in [0.3, 0.4) is 0 Å². The highest BCUT2D eigenvalue weighted by Crippen LogP contribution is 2.28. The van der Waals surface area contributed by atoms with Crippen molar-refractivity contribution in [3.8, 4) is 11.5 Å². The summed E-state index contributed by atoms with van der Waals surface area (Å²) in [5.41, 5.74) is 0.823. The number of amides is 1. The molecule has 0 unspecified atom stereocenters. The minimum Gasteiger partial charge on any atom is -0.493 e. The van der Waals surface area contributed by atoms with Crippen molar-refractivity contribution in [3.63, 3.8) is 0 Å². The third kappa shape index (κ3) is 8.13. The van der Waals surface area contributed by atoms with E-state index in [2.05, 4.69) is 4.74 Å². The van der Waals surface area contributed by atoms with E-state index in [0.29, 0.717) is 37.7 Å². The Hall–Kier alpha value is -2.54. The van der Waals surface area contributed by atoms with E-state index < -0.39 is 0 Å². The summed E-state index contributed by atoms with van der Waals surface area (Å²) in [6.07, 6.45) is 3.39. The van der Waals surface area contributed by atoms with Crippen LogP contribution in [0.5, 0.6) is 11.5 Å². The first-order valence-corrected chi connectivity index (χ1v) is 8.90. The molecule has 0 fully saturated rings. The van der Waals surface area contributed by atoms with Crippen molar-refractivity contribution in [2.75, 3.05) is 54.6 Å². The van der Waals surface area contributed by atoms with Crippen LogP contribution in [-0.4, -0.2) is 76.2 Å². The summed E-state index contributed by atoms with van der Waals surface area (Å²) in [5.74, 6) is 0.780. The van der Waals surface area contributed by atoms with Gasteiger partial charge in [-0.3, -0.25) is 9.59 Å². The molecule has 27 heavy (non-hydrogen) atoms. The molecule has 0 atom stereocenters. The van der Waals surface area contributed by atoms with Gasteiger partial charge in [-0.2, -0.15) is 0 Å². The van der Waals surface area contributed by atoms with Crippen LogP contribution in [0.15, 0.2) is 24.3 Å². The first kappa shape index (κ1) is 22.5. The van der Waals surface area contributed by atoms with Gasteiger partial charge in [0.15, 0.2) is 11.5 Å². The molecule has 1 aromatic carbocycles. The monoisotopic (exact) mass is 378 g/mol. The number of methoxy groups -OCH3 is 2. The van der Waals surface area contributed by atoms with Crippen LogP contribution >= 0.6 is 0 Å². The predicted octanol–water partition coefficient (Wildman–Crippen LogP) is 2.06. The summed E-state index contributed by atoms with van der Waals surface area (Å²) in [5, 5.41) is 0. The molecule has 0 bridgehead atoms. The van der Waals surface area contributed by atoms with Crippen LogP contribution in [0.1, 0.15) is 18.9 Å². The molecule has 0 saturated carbocycles. The number of ether oxygens (including phenoxy) is 3. The Morgan fingerprint density at radius 3 is 2.41 bits per heavy atom. The minimum absolute atomic E-state index is 0.159. The molecule has 0 spiro atoms. The summed E-state index contributed by atoms with van der Waals surface area (Å²) in [4.78, 5) is 27.6. The van der Waals surface area contributed by atoms with Gasteiger partial charge in [-0.15, -0.1) is 0 Å². The zero-order chi connectivity index (χ0) is 20.2. The smallest absolute Gasteiger partial charge is 0.307 e. The molecular weight excluding hydrogens is 348 g/mol. The van der Waals surface area contributed by atoms with Crippen molar-refractivity contribution in [2.45, 2.75) is 13.3 Å². The van der Waals surface area contributed by atoms with Crippen LogP contribution in [0.4, 0.5) is 0 Å². The SMILES string of the molecule is CCOc1ccc(/C=C/C(=O)N(CCC(=O)OC)CCN(C)C)cc1OC. The van der Waals surface area contributed by atoms with Gasteiger partial charge in [0.05, 0.1) is 27.2 Å². The quantitative estimate of drug-likeness (QED) is 0.434. The summed E-state index contributed by atoms with van der Waals surface area (Å²) in [7, 11) is 6.79. The average molecular weight is 378 g/mol. The number of likely N-dealkylation sites (N-methyl/N-ethyl adjacent to an activating group) is 1. The Morgan fingerprint density at radius 1 is 1.07 bits per heavy atom. The Labute approximate surface area is 161 Å². The number of carbonyl (C=O) groups is 2. The molecule has 7 nitrogen and oxygen atoms in total. The Morgan fingerprint density at radius 2 is 1.81 bits per heavy atom. The molecule has 7 heteroatoms. The van der Waals surface area contributed by atoms with Gasteiger partial charge >= 0.3 is 5.97 Å². The van der Waals surface area contributed by atoms with Crippen LogP contribution in [-0.2, 0) is 14.3 Å². The highest BCUT2D eigenvalue weighted by atomic mass is 16.5. The van der Waals surface area contributed by atoms with Crippen LogP contribution in [0.25, 0.3) is 6.08 Å². The van der Waals surface area contributed by atoms with Crippen molar-refractivity contribution in [1.29, 1.82) is 0 Å². The van der Waals surface area contributed by atoms with E-state index in [4.69, 9.17) is 9.47 Å². The minimum atomic E-state index is -0.335. The Bertz CT molecular complexity index is 643. The van der Waals surface area contributed by atoms with Crippen molar-refractivity contribution in [2.24, 2.45) is 0 Å². The standard InChI is InChI=1S/C20H30N2O5/c1-6-27-17-9-7-16(15-18(17)25-4)8-10-19(23)22(14-13-21(2)3)12-11-20(24)26-5/h7-10,15H,6,11-14H2,1-5H3/b10-8+. The van der Waals surface area contributed by atoms with Gasteiger partial charge in [0.25, 0.3) is 0 Å². The van der Waals surface area contributed by atoms with Gasteiger partial charge in [0.1, 0.15) is 0 Å². The van der Waals surface area contributed by atoms with E-state index in [-0.39, 0.29) is 18.3 Å². The number of benzene rings is 1. The number of carbonyl (C=O) groups excluding carboxylic acids is 2. The topological polar surface area (TPSA) is 68.3 Å². The Kier molecular flexibility index (Phi) is 9.96. The zero-order valence-electron chi connectivity index (χ0n) is 16.9. The zero-order valence-corrected chi connectivity index (χ0v) is 16.9. The molecule has 1 rings (SSSR count). The number of esters is 1. The van der Waals surface area contributed by atoms with E-state index in [9.17, 15) is 9.59 Å². The normalized spacial score (nSPS) is 10.9. The molecule has 0 aromatic heterocycles. The number of rotatable bonds is 11. The summed E-state index contributed by atoms with van der Waals surface area (Å²) >= 11 is 0. The van der Waals surface area contributed by atoms with Gasteiger partial charge in [-0.05, 0) is 44.8 Å². The molecule has 0 aliphatic heterocycles. The molecule has 0 aliphatic rings. The van der Waals surface area contributed by atoms with Crippen LogP contribution < -0.4 is 9.47 Å². The van der Waals surface area contributed by atoms with E-state index in [1.54, 1.807) is 18.1 Å². The third-order valence-electron chi connectivity index (χ3n) is 3.85. The van der Waals surface area contributed by atoms with E-state index in [0.717, 1.165) is 5.56 Å². The lowest BCUT2D eigenvalue weighted by Crippen LogP contribution is -2.37. The molecule has 1 aromatic rings. The predicted molar refractivity (Wildman–Crippen MR) is 105 cm³/mol. The van der Waals surface area contributed by atoms with Gasteiger partial charge in [-0.1, -0.05) is 6.07 Å². The molecule has 0 saturated heterocycles. The lowest BCUT2D eigenvalue weighted by Gasteiger charge is -2.22. The van der Waals surface area contributed by atoms with E-state index in [1.165, 1.54) is 13.2 Å². The van der Waals surface area contributed by atoms with Crippen molar-refractivity contribution >= 4 is 18.0 Å². The second-order valence-corrected chi connectivity index (χ2v) is 6.13. The molecule has 150 valence electrons. The molecule has 0 aliphatic carbocycles. The highest BCUT2D eigenvalue weighted by Gasteiger charge is 2.13. The second kappa shape index (κ2) is 12.0. The van der Waals surface area contributed by atoms with Crippen molar-refractivity contribution in [3.05, 3.63) is 29.8 Å². The van der Waals surface area contributed by atoms with E-state index >= 15 is 0 Å². The lowest BCUT2D eigenvalue weighted by molar-refractivity contribution is -0.141. The maximum atomic E-state index is 12.6. The summed E-state index contributed by atoms with van der Waals surface area (Å²) in [6.45, 7) is 4.00. The second-order valence-electron chi connectivity index (χ2n) is 6.13. The maximum absolute atomic E-state index is 12.6.